The smallest absolute Gasteiger partial charge is 0.305 e. The van der Waals surface area contributed by atoms with E-state index in [-0.39, 0.29) is 12.6 Å². The van der Waals surface area contributed by atoms with Gasteiger partial charge in [0.05, 0.1) is 6.10 Å². The van der Waals surface area contributed by atoms with Gasteiger partial charge in [-0.1, -0.05) is 95.2 Å². The van der Waals surface area contributed by atoms with Crippen molar-refractivity contribution in [1.29, 1.82) is 0 Å². The van der Waals surface area contributed by atoms with Crippen LogP contribution in [0.25, 0.3) is 0 Å². The Kier molecular flexibility index (Phi) is 21.9. The SMILES string of the molecule is CCC=CCC=CCC=CCCCCCCCC(=O)OCC(O)CCCCCC. The molecule has 0 spiro atoms. The average molecular weight is 407 g/mol. The highest BCUT2D eigenvalue weighted by atomic mass is 16.5. The molecule has 3 heteroatoms. The maximum absolute atomic E-state index is 11.7. The van der Waals surface area contributed by atoms with E-state index in [1.807, 2.05) is 0 Å². The first-order chi connectivity index (χ1) is 14.2. The summed E-state index contributed by atoms with van der Waals surface area (Å²) in [4.78, 5) is 11.7. The molecule has 0 bridgehead atoms. The Morgan fingerprint density at radius 2 is 1.41 bits per heavy atom. The van der Waals surface area contributed by atoms with Crippen LogP contribution in [0.4, 0.5) is 0 Å². The molecule has 0 aromatic carbocycles. The van der Waals surface area contributed by atoms with Crippen LogP contribution in [0.2, 0.25) is 0 Å². The fourth-order valence-electron chi connectivity index (χ4n) is 3.04. The molecule has 0 rings (SSSR count). The van der Waals surface area contributed by atoms with Crippen LogP contribution in [0.5, 0.6) is 0 Å². The Morgan fingerprint density at radius 1 is 0.793 bits per heavy atom. The van der Waals surface area contributed by atoms with Crippen LogP contribution in [0.1, 0.15) is 110 Å². The van der Waals surface area contributed by atoms with E-state index < -0.39 is 6.10 Å². The molecule has 0 aliphatic rings. The number of carbonyl (C=O) groups is 1. The van der Waals surface area contributed by atoms with Gasteiger partial charge in [0, 0.05) is 6.42 Å². The van der Waals surface area contributed by atoms with E-state index in [9.17, 15) is 9.90 Å². The standard InChI is InChI=1S/C26H46O3/c1-3-5-7-9-10-11-12-13-14-15-16-17-18-19-21-23-26(28)29-24-25(27)22-20-8-6-4-2/h5,7,10-11,13-14,25,27H,3-4,6,8-9,12,15-24H2,1-2H3. The third-order valence-corrected chi connectivity index (χ3v) is 4.86. The van der Waals surface area contributed by atoms with Gasteiger partial charge in [-0.15, -0.1) is 0 Å². The molecule has 29 heavy (non-hydrogen) atoms. The van der Waals surface area contributed by atoms with E-state index in [1.54, 1.807) is 0 Å². The normalized spacial score (nSPS) is 13.1. The van der Waals surface area contributed by atoms with Crippen LogP contribution in [-0.4, -0.2) is 23.8 Å². The average Bonchev–Trinajstić information content (AvgIpc) is 2.72. The minimum atomic E-state index is -0.503. The highest BCUT2D eigenvalue weighted by molar-refractivity contribution is 5.69. The highest BCUT2D eigenvalue weighted by Crippen LogP contribution is 2.10. The number of aliphatic hydroxyl groups is 1. The minimum Gasteiger partial charge on any atom is -0.463 e. The topological polar surface area (TPSA) is 46.5 Å². The lowest BCUT2D eigenvalue weighted by Crippen LogP contribution is -2.18. The molecule has 1 unspecified atom stereocenters. The van der Waals surface area contributed by atoms with Gasteiger partial charge in [-0.2, -0.15) is 0 Å². The summed E-state index contributed by atoms with van der Waals surface area (Å²) in [5.74, 6) is -0.168. The number of carbonyl (C=O) groups excluding carboxylic acids is 1. The third kappa shape index (κ3) is 22.8. The maximum atomic E-state index is 11.7. The van der Waals surface area contributed by atoms with Crippen molar-refractivity contribution < 1.29 is 14.6 Å². The minimum absolute atomic E-state index is 0.155. The van der Waals surface area contributed by atoms with Gasteiger partial charge >= 0.3 is 5.97 Å². The number of hydrogen-bond acceptors (Lipinski definition) is 3. The molecule has 0 aromatic heterocycles. The molecule has 0 heterocycles. The van der Waals surface area contributed by atoms with Crippen LogP contribution in [0.3, 0.4) is 0 Å². The quantitative estimate of drug-likeness (QED) is 0.130. The number of allylic oxidation sites excluding steroid dienone is 6. The van der Waals surface area contributed by atoms with Crippen LogP contribution in [0.15, 0.2) is 36.5 Å². The Bertz CT molecular complexity index is 437. The highest BCUT2D eigenvalue weighted by Gasteiger charge is 2.08. The van der Waals surface area contributed by atoms with Gasteiger partial charge in [-0.25, -0.2) is 0 Å². The summed E-state index contributed by atoms with van der Waals surface area (Å²) in [7, 11) is 0. The Balaban J connectivity index is 3.39. The summed E-state index contributed by atoms with van der Waals surface area (Å²) in [5, 5.41) is 9.81. The lowest BCUT2D eigenvalue weighted by atomic mass is 10.1. The van der Waals surface area contributed by atoms with Gasteiger partial charge in [0.25, 0.3) is 0 Å². The Labute approximate surface area is 180 Å². The fourth-order valence-corrected chi connectivity index (χ4v) is 3.04. The number of rotatable bonds is 20. The molecule has 0 saturated heterocycles. The van der Waals surface area contributed by atoms with E-state index in [2.05, 4.69) is 50.3 Å². The summed E-state index contributed by atoms with van der Waals surface area (Å²) >= 11 is 0. The van der Waals surface area contributed by atoms with Crippen LogP contribution in [0, 0.1) is 0 Å². The molecule has 1 N–H and O–H groups in total. The maximum Gasteiger partial charge on any atom is 0.305 e. The van der Waals surface area contributed by atoms with Gasteiger partial charge < -0.3 is 9.84 Å². The number of unbranched alkanes of at least 4 members (excludes halogenated alkanes) is 8. The molecular formula is C26H46O3. The first kappa shape index (κ1) is 27.6. The van der Waals surface area contributed by atoms with Crippen molar-refractivity contribution in [2.75, 3.05) is 6.61 Å². The van der Waals surface area contributed by atoms with E-state index in [0.29, 0.717) is 6.42 Å². The van der Waals surface area contributed by atoms with Crippen molar-refractivity contribution in [1.82, 2.24) is 0 Å². The molecule has 0 aliphatic heterocycles. The molecule has 0 amide bonds. The van der Waals surface area contributed by atoms with Crippen molar-refractivity contribution >= 4 is 5.97 Å². The second-order valence-corrected chi connectivity index (χ2v) is 7.79. The predicted octanol–water partition coefficient (Wildman–Crippen LogP) is 7.45. The molecule has 0 saturated carbocycles. The molecule has 0 radical (unpaired) electrons. The zero-order chi connectivity index (χ0) is 21.4. The first-order valence-electron chi connectivity index (χ1n) is 12.0. The van der Waals surface area contributed by atoms with Gasteiger partial charge in [-0.3, -0.25) is 4.79 Å². The van der Waals surface area contributed by atoms with E-state index in [4.69, 9.17) is 4.74 Å². The fraction of sp³-hybridized carbons (Fsp3) is 0.731. The third-order valence-electron chi connectivity index (χ3n) is 4.86. The summed E-state index contributed by atoms with van der Waals surface area (Å²) < 4.78 is 5.17. The summed E-state index contributed by atoms with van der Waals surface area (Å²) in [6.45, 7) is 4.48. The van der Waals surface area contributed by atoms with Crippen molar-refractivity contribution in [3.63, 3.8) is 0 Å². The number of hydrogen-bond donors (Lipinski definition) is 1. The molecule has 0 aromatic rings. The zero-order valence-electron chi connectivity index (χ0n) is 19.1. The van der Waals surface area contributed by atoms with Crippen LogP contribution >= 0.6 is 0 Å². The lowest BCUT2D eigenvalue weighted by Gasteiger charge is -2.11. The van der Waals surface area contributed by atoms with Crippen LogP contribution < -0.4 is 0 Å². The van der Waals surface area contributed by atoms with Crippen molar-refractivity contribution in [2.24, 2.45) is 0 Å². The molecule has 1 atom stereocenters. The van der Waals surface area contributed by atoms with Gasteiger partial charge in [0.15, 0.2) is 0 Å². The summed E-state index contributed by atoms with van der Waals surface area (Å²) in [5.41, 5.74) is 0. The molecule has 168 valence electrons. The second kappa shape index (κ2) is 22.9. The van der Waals surface area contributed by atoms with Gasteiger partial charge in [0.1, 0.15) is 6.61 Å². The van der Waals surface area contributed by atoms with Crippen LogP contribution in [-0.2, 0) is 9.53 Å². The molecule has 0 fully saturated rings. The summed E-state index contributed by atoms with van der Waals surface area (Å²) in [6.07, 6.45) is 28.5. The Hall–Kier alpha value is -1.35. The summed E-state index contributed by atoms with van der Waals surface area (Å²) in [6, 6.07) is 0. The number of aliphatic hydroxyl groups excluding tert-OH is 1. The van der Waals surface area contributed by atoms with Crippen molar-refractivity contribution in [2.45, 2.75) is 116 Å². The van der Waals surface area contributed by atoms with Crippen molar-refractivity contribution in [3.05, 3.63) is 36.5 Å². The molecular weight excluding hydrogens is 360 g/mol. The first-order valence-corrected chi connectivity index (χ1v) is 12.0. The largest absolute Gasteiger partial charge is 0.463 e. The van der Waals surface area contributed by atoms with E-state index in [0.717, 1.165) is 57.8 Å². The monoisotopic (exact) mass is 406 g/mol. The lowest BCUT2D eigenvalue weighted by molar-refractivity contribution is -0.146. The zero-order valence-corrected chi connectivity index (χ0v) is 19.1. The van der Waals surface area contributed by atoms with E-state index >= 15 is 0 Å². The molecule has 3 nitrogen and oxygen atoms in total. The van der Waals surface area contributed by atoms with E-state index in [1.165, 1.54) is 32.1 Å². The van der Waals surface area contributed by atoms with Gasteiger partial charge in [0.2, 0.25) is 0 Å². The number of esters is 1. The van der Waals surface area contributed by atoms with Gasteiger partial charge in [-0.05, 0) is 44.9 Å². The number of ether oxygens (including phenoxy) is 1. The molecule has 0 aliphatic carbocycles. The second-order valence-electron chi connectivity index (χ2n) is 7.79. The Morgan fingerprint density at radius 3 is 2.14 bits per heavy atom. The van der Waals surface area contributed by atoms with Crippen molar-refractivity contribution in [3.8, 4) is 0 Å². The predicted molar refractivity (Wildman–Crippen MR) is 125 cm³/mol.